The Balaban J connectivity index is 1.78. The van der Waals surface area contributed by atoms with Crippen molar-refractivity contribution in [3.63, 3.8) is 0 Å². The standard InChI is InChI=1S/C16H19N4O7P/c17-15(11-1-5-13(6-2-11)19(21)22)9-26-28(25)27-10-16(18)12-3-7-14(8-4-12)20(23)24/h1-8,15-16,28H,9-10,17-18H2. The summed E-state index contributed by atoms with van der Waals surface area (Å²) in [6, 6.07) is 9.97. The van der Waals surface area contributed by atoms with Crippen LogP contribution in [0.25, 0.3) is 0 Å². The van der Waals surface area contributed by atoms with Crippen LogP contribution in [0, 0.1) is 20.2 Å². The Bertz CT molecular complexity index is 776. The van der Waals surface area contributed by atoms with Crippen LogP contribution in [0.15, 0.2) is 48.5 Å². The Hall–Kier alpha value is -2.69. The lowest BCUT2D eigenvalue weighted by molar-refractivity contribution is -0.385. The first kappa shape index (κ1) is 21.6. The predicted molar refractivity (Wildman–Crippen MR) is 101 cm³/mol. The Morgan fingerprint density at radius 2 is 1.11 bits per heavy atom. The summed E-state index contributed by atoms with van der Waals surface area (Å²) >= 11 is 0. The molecule has 0 aromatic heterocycles. The van der Waals surface area contributed by atoms with Crippen LogP contribution in [0.1, 0.15) is 23.2 Å². The fraction of sp³-hybridized carbons (Fsp3) is 0.250. The zero-order chi connectivity index (χ0) is 20.7. The fourth-order valence-electron chi connectivity index (χ4n) is 2.24. The summed E-state index contributed by atoms with van der Waals surface area (Å²) < 4.78 is 22.0. The summed E-state index contributed by atoms with van der Waals surface area (Å²) in [6.45, 7) is -0.218. The number of benzene rings is 2. The number of rotatable bonds is 10. The molecule has 0 saturated carbocycles. The third kappa shape index (κ3) is 6.19. The molecule has 2 aromatic rings. The third-order valence-corrected chi connectivity index (χ3v) is 4.63. The van der Waals surface area contributed by atoms with Crippen LogP contribution >= 0.6 is 8.25 Å². The molecule has 4 N–H and O–H groups in total. The Morgan fingerprint density at radius 1 is 0.786 bits per heavy atom. The maximum Gasteiger partial charge on any atom is 0.319 e. The zero-order valence-electron chi connectivity index (χ0n) is 14.6. The van der Waals surface area contributed by atoms with Crippen molar-refractivity contribution < 1.29 is 23.5 Å². The molecule has 28 heavy (non-hydrogen) atoms. The second kappa shape index (κ2) is 10.0. The summed E-state index contributed by atoms with van der Waals surface area (Å²) in [4.78, 5) is 20.2. The van der Waals surface area contributed by atoms with Gasteiger partial charge in [-0.1, -0.05) is 24.3 Å². The third-order valence-electron chi connectivity index (χ3n) is 3.83. The first-order valence-electron chi connectivity index (χ1n) is 8.07. The molecule has 2 atom stereocenters. The summed E-state index contributed by atoms with van der Waals surface area (Å²) in [6.07, 6.45) is 0. The van der Waals surface area contributed by atoms with Crippen molar-refractivity contribution in [3.8, 4) is 0 Å². The highest BCUT2D eigenvalue weighted by Crippen LogP contribution is 2.28. The van der Waals surface area contributed by atoms with E-state index in [1.165, 1.54) is 48.5 Å². The summed E-state index contributed by atoms with van der Waals surface area (Å²) in [5.74, 6) is 0. The van der Waals surface area contributed by atoms with E-state index in [1.54, 1.807) is 0 Å². The maximum absolute atomic E-state index is 11.9. The van der Waals surface area contributed by atoms with E-state index < -0.39 is 30.2 Å². The number of nitro benzene ring substituents is 2. The quantitative estimate of drug-likeness (QED) is 0.339. The van der Waals surface area contributed by atoms with Crippen molar-refractivity contribution in [1.82, 2.24) is 0 Å². The highest BCUT2D eigenvalue weighted by atomic mass is 31.1. The van der Waals surface area contributed by atoms with E-state index in [1.807, 2.05) is 0 Å². The number of hydrogen-bond acceptors (Lipinski definition) is 9. The van der Waals surface area contributed by atoms with Gasteiger partial charge in [0.05, 0.1) is 35.1 Å². The molecule has 2 unspecified atom stereocenters. The molecule has 0 fully saturated rings. The Labute approximate surface area is 160 Å². The summed E-state index contributed by atoms with van der Waals surface area (Å²) in [7, 11) is -2.86. The van der Waals surface area contributed by atoms with Gasteiger partial charge in [0.25, 0.3) is 11.4 Å². The number of non-ortho nitro benzene ring substituents is 2. The van der Waals surface area contributed by atoms with Crippen LogP contribution in [-0.4, -0.2) is 23.1 Å². The van der Waals surface area contributed by atoms with Gasteiger partial charge in [-0.05, 0) is 11.1 Å². The van der Waals surface area contributed by atoms with Crippen molar-refractivity contribution >= 4 is 19.6 Å². The molecule has 2 rings (SSSR count). The number of nitrogens with zero attached hydrogens (tertiary/aromatic N) is 2. The van der Waals surface area contributed by atoms with E-state index in [0.717, 1.165) is 0 Å². The second-order valence-corrected chi connectivity index (χ2v) is 6.86. The SMILES string of the molecule is NC(CO[PH](=O)OCC(N)c1ccc([N+](=O)[O-])cc1)c1ccc([N+](=O)[O-])cc1. The molecule has 0 aliphatic carbocycles. The lowest BCUT2D eigenvalue weighted by atomic mass is 10.1. The summed E-state index contributed by atoms with van der Waals surface area (Å²) in [5, 5.41) is 21.3. The van der Waals surface area contributed by atoms with Gasteiger partial charge in [0.1, 0.15) is 0 Å². The lowest BCUT2D eigenvalue weighted by Crippen LogP contribution is -2.17. The molecule has 0 amide bonds. The first-order valence-corrected chi connectivity index (χ1v) is 9.30. The zero-order valence-corrected chi connectivity index (χ0v) is 15.6. The van der Waals surface area contributed by atoms with E-state index in [4.69, 9.17) is 20.5 Å². The Morgan fingerprint density at radius 3 is 1.39 bits per heavy atom. The van der Waals surface area contributed by atoms with Gasteiger partial charge in [-0.25, -0.2) is 0 Å². The molecule has 0 heterocycles. The largest absolute Gasteiger partial charge is 0.322 e. The monoisotopic (exact) mass is 410 g/mol. The van der Waals surface area contributed by atoms with Crippen LogP contribution in [0.4, 0.5) is 11.4 Å². The van der Waals surface area contributed by atoms with Gasteiger partial charge in [0.15, 0.2) is 0 Å². The number of nitrogens with two attached hydrogens (primary N) is 2. The van der Waals surface area contributed by atoms with Gasteiger partial charge in [0, 0.05) is 24.3 Å². The van der Waals surface area contributed by atoms with Crippen molar-refractivity contribution in [3.05, 3.63) is 79.9 Å². The van der Waals surface area contributed by atoms with Crippen LogP contribution in [-0.2, 0) is 13.6 Å². The predicted octanol–water partition coefficient (Wildman–Crippen LogP) is 2.63. The molecule has 0 bridgehead atoms. The first-order chi connectivity index (χ1) is 13.3. The van der Waals surface area contributed by atoms with E-state index >= 15 is 0 Å². The van der Waals surface area contributed by atoms with Crippen molar-refractivity contribution in [2.75, 3.05) is 13.2 Å². The Kier molecular flexibility index (Phi) is 7.73. The molecule has 150 valence electrons. The average Bonchev–Trinajstić information content (AvgIpc) is 2.70. The van der Waals surface area contributed by atoms with Crippen LogP contribution in [0.5, 0.6) is 0 Å². The fourth-order valence-corrected chi connectivity index (χ4v) is 2.95. The van der Waals surface area contributed by atoms with Gasteiger partial charge < -0.3 is 20.5 Å². The molecule has 0 aliphatic rings. The highest BCUT2D eigenvalue weighted by Gasteiger charge is 2.14. The molecule has 11 nitrogen and oxygen atoms in total. The average molecular weight is 410 g/mol. The van der Waals surface area contributed by atoms with Crippen LogP contribution < -0.4 is 11.5 Å². The van der Waals surface area contributed by atoms with Gasteiger partial charge in [-0.3, -0.25) is 24.8 Å². The smallest absolute Gasteiger partial charge is 0.319 e. The summed E-state index contributed by atoms with van der Waals surface area (Å²) in [5.41, 5.74) is 12.9. The van der Waals surface area contributed by atoms with Gasteiger partial charge in [0.2, 0.25) is 0 Å². The van der Waals surface area contributed by atoms with E-state index in [2.05, 4.69) is 0 Å². The van der Waals surface area contributed by atoms with Crippen LogP contribution in [0.2, 0.25) is 0 Å². The molecule has 0 spiro atoms. The van der Waals surface area contributed by atoms with Crippen LogP contribution in [0.3, 0.4) is 0 Å². The normalized spacial score (nSPS) is 14.2. The van der Waals surface area contributed by atoms with Crippen molar-refractivity contribution in [2.45, 2.75) is 12.1 Å². The van der Waals surface area contributed by atoms with E-state index in [9.17, 15) is 24.8 Å². The second-order valence-electron chi connectivity index (χ2n) is 5.78. The maximum atomic E-state index is 11.9. The van der Waals surface area contributed by atoms with Gasteiger partial charge >= 0.3 is 8.25 Å². The molecule has 0 aliphatic heterocycles. The van der Waals surface area contributed by atoms with Gasteiger partial charge in [-0.15, -0.1) is 0 Å². The minimum absolute atomic E-state index is 0.0611. The van der Waals surface area contributed by atoms with Gasteiger partial charge in [-0.2, -0.15) is 0 Å². The molecular weight excluding hydrogens is 391 g/mol. The topological polar surface area (TPSA) is 174 Å². The van der Waals surface area contributed by atoms with E-state index in [0.29, 0.717) is 11.1 Å². The van der Waals surface area contributed by atoms with Crippen molar-refractivity contribution in [1.29, 1.82) is 0 Å². The van der Waals surface area contributed by atoms with E-state index in [-0.39, 0.29) is 24.6 Å². The minimum Gasteiger partial charge on any atom is -0.322 e. The lowest BCUT2D eigenvalue weighted by Gasteiger charge is -2.14. The molecule has 12 heteroatoms. The number of nitro groups is 2. The molecular formula is C16H19N4O7P. The molecule has 2 aromatic carbocycles. The highest BCUT2D eigenvalue weighted by molar-refractivity contribution is 7.33. The minimum atomic E-state index is -2.86. The molecule has 0 saturated heterocycles. The molecule has 0 radical (unpaired) electrons. The van der Waals surface area contributed by atoms with Crippen molar-refractivity contribution in [2.24, 2.45) is 11.5 Å². The number of hydrogen-bond donors (Lipinski definition) is 2.